The minimum absolute atomic E-state index is 0.0928. The predicted octanol–water partition coefficient (Wildman–Crippen LogP) is 6.40. The SMILES string of the molecule is CCCCCCCCC(NCC)C(NCC)(C1NCCC2CCCCC21)C1NCCC2CCCCC21. The lowest BCUT2D eigenvalue weighted by molar-refractivity contribution is -0.0182. The number of unbranched alkanes of at least 4 members (excludes halogenated alkanes) is 5. The maximum Gasteiger partial charge on any atom is 0.0650 e. The van der Waals surface area contributed by atoms with Gasteiger partial charge in [-0.2, -0.15) is 0 Å². The number of fused-ring (bicyclic) bond motifs is 2. The molecule has 4 N–H and O–H groups in total. The molecule has 0 aromatic rings. The molecule has 2 saturated carbocycles. The van der Waals surface area contributed by atoms with Crippen molar-refractivity contribution in [3.63, 3.8) is 0 Å². The number of piperidine rings is 2. The topological polar surface area (TPSA) is 48.1 Å². The van der Waals surface area contributed by atoms with Crippen molar-refractivity contribution >= 4 is 0 Å². The van der Waals surface area contributed by atoms with E-state index in [1.807, 2.05) is 0 Å². The average molecular weight is 503 g/mol. The summed E-state index contributed by atoms with van der Waals surface area (Å²) in [5.74, 6) is 3.54. The zero-order valence-electron chi connectivity index (χ0n) is 24.4. The Labute approximate surface area is 224 Å². The Morgan fingerprint density at radius 3 is 1.78 bits per heavy atom. The van der Waals surface area contributed by atoms with Gasteiger partial charge in [0.15, 0.2) is 0 Å². The van der Waals surface area contributed by atoms with Gasteiger partial charge in [-0.25, -0.2) is 0 Å². The first kappa shape index (κ1) is 28.8. The third kappa shape index (κ3) is 6.52. The molecule has 2 aliphatic heterocycles. The molecule has 0 spiro atoms. The second-order valence-corrected chi connectivity index (χ2v) is 13.0. The summed E-state index contributed by atoms with van der Waals surface area (Å²) in [6.07, 6.45) is 24.1. The third-order valence-corrected chi connectivity index (χ3v) is 10.9. The lowest BCUT2D eigenvalue weighted by Gasteiger charge is -2.61. The molecule has 2 saturated heterocycles. The van der Waals surface area contributed by atoms with Gasteiger partial charge in [0.25, 0.3) is 0 Å². The molecule has 0 radical (unpaired) electrons. The van der Waals surface area contributed by atoms with Crippen LogP contribution in [0.3, 0.4) is 0 Å². The van der Waals surface area contributed by atoms with E-state index in [9.17, 15) is 0 Å². The van der Waals surface area contributed by atoms with Crippen LogP contribution in [0.15, 0.2) is 0 Å². The van der Waals surface area contributed by atoms with E-state index in [2.05, 4.69) is 42.0 Å². The fourth-order valence-electron chi connectivity index (χ4n) is 9.43. The van der Waals surface area contributed by atoms with Crippen molar-refractivity contribution < 1.29 is 0 Å². The molecule has 2 aliphatic carbocycles. The van der Waals surface area contributed by atoms with Gasteiger partial charge in [-0.05, 0) is 82.0 Å². The van der Waals surface area contributed by atoms with Crippen molar-refractivity contribution in [1.82, 2.24) is 21.3 Å². The first-order chi connectivity index (χ1) is 17.8. The summed E-state index contributed by atoms with van der Waals surface area (Å²) < 4.78 is 0. The van der Waals surface area contributed by atoms with Crippen LogP contribution in [0, 0.1) is 23.7 Å². The van der Waals surface area contributed by atoms with Gasteiger partial charge in [-0.3, -0.25) is 0 Å². The van der Waals surface area contributed by atoms with E-state index in [4.69, 9.17) is 0 Å². The van der Waals surface area contributed by atoms with Crippen LogP contribution >= 0.6 is 0 Å². The summed E-state index contributed by atoms with van der Waals surface area (Å²) in [7, 11) is 0. The fraction of sp³-hybridized carbons (Fsp3) is 1.00. The highest BCUT2D eigenvalue weighted by atomic mass is 15.2. The van der Waals surface area contributed by atoms with Crippen LogP contribution in [0.1, 0.15) is 130 Å². The second kappa shape index (κ2) is 14.8. The molecule has 4 aliphatic rings. The molecule has 7 unspecified atom stereocenters. The van der Waals surface area contributed by atoms with E-state index < -0.39 is 0 Å². The Kier molecular flexibility index (Phi) is 11.9. The van der Waals surface area contributed by atoms with Gasteiger partial charge < -0.3 is 21.3 Å². The monoisotopic (exact) mass is 502 g/mol. The van der Waals surface area contributed by atoms with Gasteiger partial charge in [-0.15, -0.1) is 0 Å². The Morgan fingerprint density at radius 1 is 0.667 bits per heavy atom. The first-order valence-corrected chi connectivity index (χ1v) is 16.7. The Balaban J connectivity index is 1.66. The predicted molar refractivity (Wildman–Crippen MR) is 156 cm³/mol. The molecule has 4 nitrogen and oxygen atoms in total. The zero-order chi connectivity index (χ0) is 25.2. The molecule has 0 aromatic carbocycles. The molecule has 7 atom stereocenters. The van der Waals surface area contributed by atoms with Crippen LogP contribution in [0.4, 0.5) is 0 Å². The zero-order valence-corrected chi connectivity index (χ0v) is 24.4. The fourth-order valence-corrected chi connectivity index (χ4v) is 9.43. The van der Waals surface area contributed by atoms with Gasteiger partial charge in [-0.1, -0.05) is 97.8 Å². The number of hydrogen-bond acceptors (Lipinski definition) is 4. The molecule has 4 fully saturated rings. The van der Waals surface area contributed by atoms with Gasteiger partial charge in [0.1, 0.15) is 0 Å². The van der Waals surface area contributed by atoms with Crippen molar-refractivity contribution in [2.75, 3.05) is 26.2 Å². The summed E-state index contributed by atoms with van der Waals surface area (Å²) in [5, 5.41) is 17.0. The van der Waals surface area contributed by atoms with Gasteiger partial charge in [0, 0.05) is 18.1 Å². The standard InChI is InChI=1S/C32H62N4/c1-4-7-8-9-10-11-20-29(33-5-2)32(36-6-3,30-27-18-14-12-16-25(27)21-23-34-30)31-28-19-15-13-17-26(28)22-24-35-31/h25-31,33-36H,4-24H2,1-3H3. The van der Waals surface area contributed by atoms with E-state index in [1.54, 1.807) is 0 Å². The van der Waals surface area contributed by atoms with Crippen molar-refractivity contribution in [2.45, 2.75) is 154 Å². The van der Waals surface area contributed by atoms with Crippen molar-refractivity contribution in [3.8, 4) is 0 Å². The molecular weight excluding hydrogens is 440 g/mol. The highest BCUT2D eigenvalue weighted by Gasteiger charge is 2.57. The van der Waals surface area contributed by atoms with Gasteiger partial charge in [0.2, 0.25) is 0 Å². The molecule has 0 amide bonds. The molecule has 210 valence electrons. The normalized spacial score (nSPS) is 35.4. The van der Waals surface area contributed by atoms with Crippen LogP contribution in [-0.4, -0.2) is 49.8 Å². The largest absolute Gasteiger partial charge is 0.312 e. The minimum atomic E-state index is 0.0928. The molecule has 0 aromatic heterocycles. The lowest BCUT2D eigenvalue weighted by atomic mass is 9.57. The molecule has 0 bridgehead atoms. The van der Waals surface area contributed by atoms with Crippen LogP contribution in [0.25, 0.3) is 0 Å². The van der Waals surface area contributed by atoms with E-state index in [0.717, 1.165) is 36.8 Å². The lowest BCUT2D eigenvalue weighted by Crippen LogP contribution is -2.81. The molecule has 4 rings (SSSR count). The van der Waals surface area contributed by atoms with Crippen molar-refractivity contribution in [1.29, 1.82) is 0 Å². The smallest absolute Gasteiger partial charge is 0.0650 e. The van der Waals surface area contributed by atoms with Crippen LogP contribution in [0.2, 0.25) is 0 Å². The number of rotatable bonds is 14. The quantitative estimate of drug-likeness (QED) is 0.208. The van der Waals surface area contributed by atoms with E-state index in [-0.39, 0.29) is 5.54 Å². The highest BCUT2D eigenvalue weighted by molar-refractivity contribution is 5.19. The average Bonchev–Trinajstić information content (AvgIpc) is 2.92. The number of likely N-dealkylation sites (N-methyl/N-ethyl adjacent to an activating group) is 2. The maximum absolute atomic E-state index is 4.36. The highest BCUT2D eigenvalue weighted by Crippen LogP contribution is 2.47. The van der Waals surface area contributed by atoms with Crippen molar-refractivity contribution in [3.05, 3.63) is 0 Å². The van der Waals surface area contributed by atoms with Gasteiger partial charge in [0.05, 0.1) is 5.54 Å². The number of hydrogen-bond donors (Lipinski definition) is 4. The molecular formula is C32H62N4. The molecule has 2 heterocycles. The maximum atomic E-state index is 4.36. The second-order valence-electron chi connectivity index (χ2n) is 13.0. The summed E-state index contributed by atoms with van der Waals surface area (Å²) in [4.78, 5) is 0. The van der Waals surface area contributed by atoms with Crippen LogP contribution in [-0.2, 0) is 0 Å². The van der Waals surface area contributed by atoms with Gasteiger partial charge >= 0.3 is 0 Å². The summed E-state index contributed by atoms with van der Waals surface area (Å²) in [6, 6.07) is 1.70. The Hall–Kier alpha value is -0.160. The number of nitrogens with one attached hydrogen (secondary N) is 4. The summed E-state index contributed by atoms with van der Waals surface area (Å²) >= 11 is 0. The summed E-state index contributed by atoms with van der Waals surface area (Å²) in [5.41, 5.74) is 0.0928. The first-order valence-electron chi connectivity index (χ1n) is 16.7. The minimum Gasteiger partial charge on any atom is -0.312 e. The van der Waals surface area contributed by atoms with E-state index in [1.165, 1.54) is 122 Å². The molecule has 36 heavy (non-hydrogen) atoms. The third-order valence-electron chi connectivity index (χ3n) is 10.9. The Bertz CT molecular complexity index is 571. The van der Waals surface area contributed by atoms with E-state index in [0.29, 0.717) is 18.1 Å². The molecule has 4 heteroatoms. The van der Waals surface area contributed by atoms with E-state index >= 15 is 0 Å². The van der Waals surface area contributed by atoms with Crippen LogP contribution < -0.4 is 21.3 Å². The van der Waals surface area contributed by atoms with Crippen LogP contribution in [0.5, 0.6) is 0 Å². The van der Waals surface area contributed by atoms with Crippen molar-refractivity contribution in [2.24, 2.45) is 23.7 Å². The summed E-state index contributed by atoms with van der Waals surface area (Å²) in [6.45, 7) is 11.6. The Morgan fingerprint density at radius 2 is 1.22 bits per heavy atom.